The van der Waals surface area contributed by atoms with Crippen LogP contribution in [0.1, 0.15) is 18.3 Å². The number of hydrogen-bond acceptors (Lipinski definition) is 6. The molecule has 1 N–H and O–H groups in total. The Morgan fingerprint density at radius 3 is 2.74 bits per heavy atom. The average molecular weight is 331 g/mol. The minimum absolute atomic E-state index is 0.0388. The van der Waals surface area contributed by atoms with Crippen LogP contribution in [0, 0.1) is 6.92 Å². The van der Waals surface area contributed by atoms with Crippen molar-refractivity contribution in [1.29, 1.82) is 0 Å². The number of benzene rings is 1. The SMILES string of the molecule is CC(=O)Nc1cccc(CN2CCN(c3nc(C)ns3)CC2)c1. The minimum atomic E-state index is -0.0388. The van der Waals surface area contributed by atoms with E-state index >= 15 is 0 Å². The summed E-state index contributed by atoms with van der Waals surface area (Å²) < 4.78 is 4.25. The highest BCUT2D eigenvalue weighted by Gasteiger charge is 2.19. The standard InChI is InChI=1S/C16H21N5OS/c1-12-17-16(23-19-12)21-8-6-20(7-9-21)11-14-4-3-5-15(10-14)18-13(2)22/h3-5,10H,6-9,11H2,1-2H3,(H,18,22). The summed E-state index contributed by atoms with van der Waals surface area (Å²) in [6.45, 7) is 8.31. The van der Waals surface area contributed by atoms with E-state index in [0.717, 1.165) is 49.4 Å². The average Bonchev–Trinajstić information content (AvgIpc) is 2.94. The summed E-state index contributed by atoms with van der Waals surface area (Å²) in [6, 6.07) is 8.05. The molecule has 0 bridgehead atoms. The van der Waals surface area contributed by atoms with Gasteiger partial charge in [0.1, 0.15) is 5.82 Å². The van der Waals surface area contributed by atoms with Crippen LogP contribution < -0.4 is 10.2 Å². The van der Waals surface area contributed by atoms with Crippen LogP contribution in [0.5, 0.6) is 0 Å². The van der Waals surface area contributed by atoms with E-state index in [2.05, 4.69) is 30.5 Å². The summed E-state index contributed by atoms with van der Waals surface area (Å²) in [6.07, 6.45) is 0. The fourth-order valence-corrected chi connectivity index (χ4v) is 3.45. The van der Waals surface area contributed by atoms with Gasteiger partial charge in [-0.3, -0.25) is 9.69 Å². The highest BCUT2D eigenvalue weighted by molar-refractivity contribution is 7.09. The van der Waals surface area contributed by atoms with Crippen LogP contribution in [-0.2, 0) is 11.3 Å². The Morgan fingerprint density at radius 1 is 1.30 bits per heavy atom. The van der Waals surface area contributed by atoms with Crippen LogP contribution in [0.15, 0.2) is 24.3 Å². The Balaban J connectivity index is 1.55. The largest absolute Gasteiger partial charge is 0.344 e. The third kappa shape index (κ3) is 4.27. The predicted molar refractivity (Wildman–Crippen MR) is 92.9 cm³/mol. The van der Waals surface area contributed by atoms with Gasteiger partial charge in [0.2, 0.25) is 11.0 Å². The summed E-state index contributed by atoms with van der Waals surface area (Å²) in [5.41, 5.74) is 2.08. The lowest BCUT2D eigenvalue weighted by Crippen LogP contribution is -2.45. The molecule has 0 atom stereocenters. The van der Waals surface area contributed by atoms with E-state index in [4.69, 9.17) is 0 Å². The zero-order valence-electron chi connectivity index (χ0n) is 13.5. The molecule has 0 aliphatic carbocycles. The predicted octanol–water partition coefficient (Wildman–Crippen LogP) is 2.13. The molecular weight excluding hydrogens is 310 g/mol. The highest BCUT2D eigenvalue weighted by atomic mass is 32.1. The fourth-order valence-electron chi connectivity index (χ4n) is 2.72. The van der Waals surface area contributed by atoms with Gasteiger partial charge in [-0.05, 0) is 24.6 Å². The fraction of sp³-hybridized carbons (Fsp3) is 0.438. The summed E-state index contributed by atoms with van der Waals surface area (Å²) in [4.78, 5) is 20.3. The number of rotatable bonds is 4. The van der Waals surface area contributed by atoms with Gasteiger partial charge < -0.3 is 10.2 Å². The molecule has 23 heavy (non-hydrogen) atoms. The van der Waals surface area contributed by atoms with E-state index < -0.39 is 0 Å². The van der Waals surface area contributed by atoms with Crippen molar-refractivity contribution in [2.45, 2.75) is 20.4 Å². The Morgan fingerprint density at radius 2 is 2.09 bits per heavy atom. The van der Waals surface area contributed by atoms with Crippen molar-refractivity contribution in [3.63, 3.8) is 0 Å². The van der Waals surface area contributed by atoms with Gasteiger partial charge in [0, 0.05) is 56.9 Å². The maximum Gasteiger partial charge on any atom is 0.221 e. The second kappa shape index (κ2) is 7.06. The van der Waals surface area contributed by atoms with Gasteiger partial charge in [-0.1, -0.05) is 12.1 Å². The first-order valence-electron chi connectivity index (χ1n) is 7.74. The van der Waals surface area contributed by atoms with Gasteiger partial charge in [0.05, 0.1) is 0 Å². The molecule has 1 saturated heterocycles. The lowest BCUT2D eigenvalue weighted by molar-refractivity contribution is -0.114. The van der Waals surface area contributed by atoms with Crippen LogP contribution in [-0.4, -0.2) is 46.3 Å². The number of amides is 1. The quantitative estimate of drug-likeness (QED) is 0.930. The Labute approximate surface area is 140 Å². The van der Waals surface area contributed by atoms with Crippen molar-refractivity contribution in [2.75, 3.05) is 36.4 Å². The molecular formula is C16H21N5OS. The summed E-state index contributed by atoms with van der Waals surface area (Å²) >= 11 is 1.47. The molecule has 2 heterocycles. The van der Waals surface area contributed by atoms with Gasteiger partial charge in [0.15, 0.2) is 0 Å². The molecule has 3 rings (SSSR count). The number of aromatic nitrogens is 2. The third-order valence-corrected chi connectivity index (χ3v) is 4.68. The van der Waals surface area contributed by atoms with Crippen molar-refractivity contribution >= 4 is 28.3 Å². The number of carbonyl (C=O) groups is 1. The Hall–Kier alpha value is -1.99. The van der Waals surface area contributed by atoms with Crippen LogP contribution in [0.3, 0.4) is 0 Å². The van der Waals surface area contributed by atoms with Crippen molar-refractivity contribution < 1.29 is 4.79 Å². The van der Waals surface area contributed by atoms with Crippen molar-refractivity contribution in [3.05, 3.63) is 35.7 Å². The van der Waals surface area contributed by atoms with Gasteiger partial charge >= 0.3 is 0 Å². The van der Waals surface area contributed by atoms with E-state index in [1.54, 1.807) is 0 Å². The van der Waals surface area contributed by atoms with Crippen LogP contribution in [0.2, 0.25) is 0 Å². The number of hydrogen-bond donors (Lipinski definition) is 1. The normalized spacial score (nSPS) is 15.7. The van der Waals surface area contributed by atoms with Crippen LogP contribution in [0.25, 0.3) is 0 Å². The van der Waals surface area contributed by atoms with Gasteiger partial charge in [0.25, 0.3) is 0 Å². The Kier molecular flexibility index (Phi) is 4.88. The van der Waals surface area contributed by atoms with Gasteiger partial charge in [-0.2, -0.15) is 4.37 Å². The minimum Gasteiger partial charge on any atom is -0.344 e. The van der Waals surface area contributed by atoms with E-state index in [9.17, 15) is 4.79 Å². The smallest absolute Gasteiger partial charge is 0.221 e. The number of aryl methyl sites for hydroxylation is 1. The maximum absolute atomic E-state index is 11.1. The number of anilines is 2. The van der Waals surface area contributed by atoms with E-state index in [1.807, 2.05) is 25.1 Å². The second-order valence-corrected chi connectivity index (χ2v) is 6.50. The number of nitrogens with zero attached hydrogens (tertiary/aromatic N) is 4. The number of nitrogens with one attached hydrogen (secondary N) is 1. The number of piperazine rings is 1. The van der Waals surface area contributed by atoms with E-state index in [1.165, 1.54) is 24.0 Å². The van der Waals surface area contributed by atoms with Crippen molar-refractivity contribution in [2.24, 2.45) is 0 Å². The molecule has 0 radical (unpaired) electrons. The first-order chi connectivity index (χ1) is 11.1. The first kappa shape index (κ1) is 15.9. The first-order valence-corrected chi connectivity index (χ1v) is 8.51. The number of carbonyl (C=O) groups excluding carboxylic acids is 1. The zero-order chi connectivity index (χ0) is 16.2. The molecule has 0 saturated carbocycles. The topological polar surface area (TPSA) is 61.4 Å². The lowest BCUT2D eigenvalue weighted by atomic mass is 10.1. The molecule has 1 fully saturated rings. The molecule has 2 aromatic rings. The zero-order valence-corrected chi connectivity index (χ0v) is 14.3. The highest BCUT2D eigenvalue weighted by Crippen LogP contribution is 2.20. The van der Waals surface area contributed by atoms with Crippen LogP contribution >= 0.6 is 11.5 Å². The van der Waals surface area contributed by atoms with Crippen molar-refractivity contribution in [3.8, 4) is 0 Å². The van der Waals surface area contributed by atoms with E-state index in [0.29, 0.717) is 0 Å². The molecule has 1 aliphatic rings. The molecule has 0 unspecified atom stereocenters. The molecule has 0 spiro atoms. The summed E-state index contributed by atoms with van der Waals surface area (Å²) in [5, 5.41) is 3.86. The maximum atomic E-state index is 11.1. The molecule has 1 aromatic heterocycles. The summed E-state index contributed by atoms with van der Waals surface area (Å²) in [7, 11) is 0. The Bertz CT molecular complexity index is 679. The lowest BCUT2D eigenvalue weighted by Gasteiger charge is -2.34. The molecule has 122 valence electrons. The second-order valence-electron chi connectivity index (χ2n) is 5.77. The molecule has 6 nitrogen and oxygen atoms in total. The van der Waals surface area contributed by atoms with Gasteiger partial charge in [-0.25, -0.2) is 4.98 Å². The van der Waals surface area contributed by atoms with E-state index in [-0.39, 0.29) is 5.91 Å². The molecule has 1 aliphatic heterocycles. The third-order valence-electron chi connectivity index (χ3n) is 3.81. The summed E-state index contributed by atoms with van der Waals surface area (Å²) in [5.74, 6) is 0.810. The molecule has 1 aromatic carbocycles. The van der Waals surface area contributed by atoms with Crippen molar-refractivity contribution in [1.82, 2.24) is 14.3 Å². The monoisotopic (exact) mass is 331 g/mol. The van der Waals surface area contributed by atoms with Crippen LogP contribution in [0.4, 0.5) is 10.8 Å². The van der Waals surface area contributed by atoms with Gasteiger partial charge in [-0.15, -0.1) is 0 Å². The molecule has 1 amide bonds. The molecule has 7 heteroatoms.